The van der Waals surface area contributed by atoms with Gasteiger partial charge in [0.2, 0.25) is 10.0 Å². The van der Waals surface area contributed by atoms with Gasteiger partial charge in [0, 0.05) is 39.9 Å². The van der Waals surface area contributed by atoms with E-state index in [4.69, 9.17) is 5.11 Å². The van der Waals surface area contributed by atoms with Gasteiger partial charge in [-0.25, -0.2) is 22.7 Å². The Morgan fingerprint density at radius 3 is 2.95 bits per heavy atom. The number of hydrogen-bond acceptors (Lipinski definition) is 7. The number of anilines is 1. The lowest BCUT2D eigenvalue weighted by molar-refractivity contribution is 0.271. The van der Waals surface area contributed by atoms with E-state index in [2.05, 4.69) is 15.3 Å². The van der Waals surface area contributed by atoms with Crippen molar-refractivity contribution in [2.45, 2.75) is 12.0 Å². The van der Waals surface area contributed by atoms with Crippen molar-refractivity contribution >= 4 is 15.8 Å². The van der Waals surface area contributed by atoms with Crippen molar-refractivity contribution < 1.29 is 13.5 Å². The van der Waals surface area contributed by atoms with Crippen molar-refractivity contribution in [1.29, 1.82) is 0 Å². The average Bonchev–Trinajstić information content (AvgIpc) is 2.47. The van der Waals surface area contributed by atoms with Gasteiger partial charge in [-0.05, 0) is 6.07 Å². The Balaban J connectivity index is 2.36. The van der Waals surface area contributed by atoms with E-state index < -0.39 is 15.4 Å². The molecule has 0 aliphatic carbocycles. The zero-order valence-corrected chi connectivity index (χ0v) is 12.3. The molecular formula is C11H19N5O3S. The first-order chi connectivity index (χ1) is 9.46. The minimum absolute atomic E-state index is 0.273. The number of hydrogen-bond donors (Lipinski definition) is 2. The Hall–Kier alpha value is -1.29. The van der Waals surface area contributed by atoms with Gasteiger partial charge in [-0.2, -0.15) is 0 Å². The number of piperazine rings is 1. The molecule has 1 aliphatic rings. The van der Waals surface area contributed by atoms with Gasteiger partial charge in [-0.15, -0.1) is 0 Å². The van der Waals surface area contributed by atoms with E-state index in [0.717, 1.165) is 0 Å². The minimum atomic E-state index is -3.44. The molecule has 9 heteroatoms. The molecule has 2 rings (SSSR count). The number of sulfonamides is 1. The predicted octanol–water partition coefficient (Wildman–Crippen LogP) is -1.40. The van der Waals surface area contributed by atoms with Crippen LogP contribution in [0.25, 0.3) is 0 Å². The van der Waals surface area contributed by atoms with E-state index >= 15 is 0 Å². The number of aliphatic hydroxyl groups excluding tert-OH is 1. The molecule has 0 bridgehead atoms. The monoisotopic (exact) mass is 301 g/mol. The standard InChI is InChI=1S/C11H19N5O3S/c1-15(2)20(18,19)11-7-12-5-6-16(11)10-3-4-13-9(8-17)14-10/h3-4,11-12,17H,5-8H2,1-2H3. The maximum absolute atomic E-state index is 12.4. The largest absolute Gasteiger partial charge is 0.388 e. The third-order valence-electron chi connectivity index (χ3n) is 3.18. The van der Waals surface area contributed by atoms with Crippen LogP contribution in [-0.4, -0.2) is 66.9 Å². The highest BCUT2D eigenvalue weighted by molar-refractivity contribution is 7.89. The fourth-order valence-electron chi connectivity index (χ4n) is 2.08. The normalized spacial score (nSPS) is 20.4. The average molecular weight is 301 g/mol. The van der Waals surface area contributed by atoms with Crippen LogP contribution in [0.1, 0.15) is 5.82 Å². The van der Waals surface area contributed by atoms with Crippen LogP contribution in [0.2, 0.25) is 0 Å². The number of aromatic nitrogens is 2. The molecule has 112 valence electrons. The molecule has 0 saturated carbocycles. The summed E-state index contributed by atoms with van der Waals surface area (Å²) in [5, 5.41) is 11.5. The maximum atomic E-state index is 12.4. The van der Waals surface area contributed by atoms with E-state index in [9.17, 15) is 8.42 Å². The number of aliphatic hydroxyl groups is 1. The summed E-state index contributed by atoms with van der Waals surface area (Å²) in [4.78, 5) is 9.83. The Bertz CT molecular complexity index is 563. The van der Waals surface area contributed by atoms with Gasteiger partial charge in [0.25, 0.3) is 0 Å². The van der Waals surface area contributed by atoms with Crippen molar-refractivity contribution in [2.24, 2.45) is 0 Å². The van der Waals surface area contributed by atoms with Crippen molar-refractivity contribution in [3.8, 4) is 0 Å². The summed E-state index contributed by atoms with van der Waals surface area (Å²) >= 11 is 0. The summed E-state index contributed by atoms with van der Waals surface area (Å²) < 4.78 is 26.0. The first-order valence-corrected chi connectivity index (χ1v) is 7.78. The fourth-order valence-corrected chi connectivity index (χ4v) is 3.43. The summed E-state index contributed by atoms with van der Waals surface area (Å²) in [6.07, 6.45) is 1.52. The topological polar surface area (TPSA) is 98.7 Å². The molecule has 1 saturated heterocycles. The van der Waals surface area contributed by atoms with Gasteiger partial charge in [0.1, 0.15) is 12.4 Å². The van der Waals surface area contributed by atoms with Gasteiger partial charge < -0.3 is 15.3 Å². The highest BCUT2D eigenvalue weighted by atomic mass is 32.2. The lowest BCUT2D eigenvalue weighted by Crippen LogP contribution is -2.57. The second-order valence-electron chi connectivity index (χ2n) is 4.67. The highest BCUT2D eigenvalue weighted by Crippen LogP contribution is 2.20. The first kappa shape index (κ1) is 15.1. The van der Waals surface area contributed by atoms with Gasteiger partial charge in [0.05, 0.1) is 0 Å². The predicted molar refractivity (Wildman–Crippen MR) is 74.6 cm³/mol. The van der Waals surface area contributed by atoms with Crippen LogP contribution in [0.4, 0.5) is 5.82 Å². The van der Waals surface area contributed by atoms with Crippen LogP contribution in [-0.2, 0) is 16.6 Å². The van der Waals surface area contributed by atoms with Crippen LogP contribution in [0, 0.1) is 0 Å². The molecule has 2 heterocycles. The highest BCUT2D eigenvalue weighted by Gasteiger charge is 2.36. The van der Waals surface area contributed by atoms with Crippen molar-refractivity contribution in [3.63, 3.8) is 0 Å². The van der Waals surface area contributed by atoms with E-state index in [1.807, 2.05) is 0 Å². The van der Waals surface area contributed by atoms with Crippen LogP contribution in [0.3, 0.4) is 0 Å². The Labute approximate surface area is 118 Å². The summed E-state index contributed by atoms with van der Waals surface area (Å²) in [7, 11) is -0.413. The third-order valence-corrected chi connectivity index (χ3v) is 5.30. The number of nitrogens with zero attached hydrogens (tertiary/aromatic N) is 4. The smallest absolute Gasteiger partial charge is 0.236 e. The van der Waals surface area contributed by atoms with Crippen LogP contribution in [0.15, 0.2) is 12.3 Å². The lowest BCUT2D eigenvalue weighted by atomic mass is 10.3. The van der Waals surface area contributed by atoms with Crippen LogP contribution < -0.4 is 10.2 Å². The molecule has 2 N–H and O–H groups in total. The fraction of sp³-hybridized carbons (Fsp3) is 0.636. The molecule has 1 aromatic heterocycles. The molecule has 1 atom stereocenters. The molecule has 1 aromatic rings. The second kappa shape index (κ2) is 6.00. The Morgan fingerprint density at radius 1 is 1.55 bits per heavy atom. The molecule has 8 nitrogen and oxygen atoms in total. The zero-order chi connectivity index (χ0) is 14.8. The van der Waals surface area contributed by atoms with E-state index in [-0.39, 0.29) is 12.4 Å². The molecule has 0 amide bonds. The molecule has 1 fully saturated rings. The minimum Gasteiger partial charge on any atom is -0.388 e. The van der Waals surface area contributed by atoms with Gasteiger partial charge in [0.15, 0.2) is 11.2 Å². The third kappa shape index (κ3) is 2.90. The SMILES string of the molecule is CN(C)S(=O)(=O)C1CNCCN1c1ccnc(CO)n1. The van der Waals surface area contributed by atoms with Crippen molar-refractivity contribution in [2.75, 3.05) is 38.6 Å². The molecule has 0 spiro atoms. The summed E-state index contributed by atoms with van der Waals surface area (Å²) in [6, 6.07) is 1.66. The zero-order valence-electron chi connectivity index (χ0n) is 11.5. The van der Waals surface area contributed by atoms with Crippen LogP contribution >= 0.6 is 0 Å². The van der Waals surface area contributed by atoms with E-state index in [0.29, 0.717) is 25.5 Å². The van der Waals surface area contributed by atoms with Gasteiger partial charge in [-0.3, -0.25) is 0 Å². The number of nitrogens with one attached hydrogen (secondary N) is 1. The first-order valence-electron chi connectivity index (χ1n) is 6.28. The summed E-state index contributed by atoms with van der Waals surface area (Å²) in [5.41, 5.74) is 0. The summed E-state index contributed by atoms with van der Waals surface area (Å²) in [6.45, 7) is 1.27. The maximum Gasteiger partial charge on any atom is 0.236 e. The van der Waals surface area contributed by atoms with Crippen LogP contribution in [0.5, 0.6) is 0 Å². The Morgan fingerprint density at radius 2 is 2.30 bits per heavy atom. The quantitative estimate of drug-likeness (QED) is 0.705. The molecular weight excluding hydrogens is 282 g/mol. The van der Waals surface area contributed by atoms with Gasteiger partial charge in [-0.1, -0.05) is 0 Å². The molecule has 1 aliphatic heterocycles. The Kier molecular flexibility index (Phi) is 4.53. The van der Waals surface area contributed by atoms with Crippen molar-refractivity contribution in [3.05, 3.63) is 18.1 Å². The lowest BCUT2D eigenvalue weighted by Gasteiger charge is -2.37. The summed E-state index contributed by atoms with van der Waals surface area (Å²) in [5.74, 6) is 0.794. The van der Waals surface area contributed by atoms with E-state index in [1.54, 1.807) is 11.0 Å². The molecule has 0 radical (unpaired) electrons. The molecule has 1 unspecified atom stereocenters. The van der Waals surface area contributed by atoms with Gasteiger partial charge >= 0.3 is 0 Å². The second-order valence-corrected chi connectivity index (χ2v) is 6.97. The molecule has 20 heavy (non-hydrogen) atoms. The van der Waals surface area contributed by atoms with Crippen molar-refractivity contribution in [1.82, 2.24) is 19.6 Å². The molecule has 0 aromatic carbocycles. The van der Waals surface area contributed by atoms with E-state index in [1.165, 1.54) is 24.6 Å². The number of rotatable bonds is 4.